The Balaban J connectivity index is 1.68. The molecule has 1 saturated heterocycles. The molecule has 0 atom stereocenters. The zero-order valence-electron chi connectivity index (χ0n) is 17.5. The van der Waals surface area contributed by atoms with Gasteiger partial charge in [-0.2, -0.15) is 0 Å². The lowest BCUT2D eigenvalue weighted by Crippen LogP contribution is -2.45. The van der Waals surface area contributed by atoms with Crippen molar-refractivity contribution in [3.63, 3.8) is 0 Å². The fourth-order valence-electron chi connectivity index (χ4n) is 3.62. The molecule has 1 fully saturated rings. The standard InChI is InChI=1S/C21H24ClN5O2S/c1-12-17-19(27-9-7-26(3)8-10-27)23-13(2)24-21(17)30-18(12)20(28)25-14-5-6-16(29-4)15(22)11-14/h5-6,11H,7-10H2,1-4H3,(H,25,28). The van der Waals surface area contributed by atoms with Crippen molar-refractivity contribution in [1.29, 1.82) is 0 Å². The van der Waals surface area contributed by atoms with Crippen molar-refractivity contribution < 1.29 is 9.53 Å². The molecule has 4 rings (SSSR count). The van der Waals surface area contributed by atoms with E-state index >= 15 is 0 Å². The lowest BCUT2D eigenvalue weighted by molar-refractivity contribution is 0.103. The molecule has 0 bridgehead atoms. The summed E-state index contributed by atoms with van der Waals surface area (Å²) in [7, 11) is 3.68. The number of likely N-dealkylation sites (N-methyl/N-ethyl adjacent to an activating group) is 1. The van der Waals surface area contributed by atoms with Gasteiger partial charge in [0.1, 0.15) is 22.2 Å². The van der Waals surface area contributed by atoms with Crippen LogP contribution in [0.15, 0.2) is 18.2 Å². The monoisotopic (exact) mass is 445 g/mol. The third-order valence-corrected chi connectivity index (χ3v) is 6.78. The largest absolute Gasteiger partial charge is 0.495 e. The summed E-state index contributed by atoms with van der Waals surface area (Å²) in [4.78, 5) is 28.5. The van der Waals surface area contributed by atoms with Crippen LogP contribution in [0.1, 0.15) is 21.1 Å². The summed E-state index contributed by atoms with van der Waals surface area (Å²) >= 11 is 7.59. The number of hydrogen-bond donors (Lipinski definition) is 1. The average molecular weight is 446 g/mol. The predicted octanol–water partition coefficient (Wildman–Crippen LogP) is 3.97. The van der Waals surface area contributed by atoms with Crippen LogP contribution in [0.5, 0.6) is 5.75 Å². The minimum absolute atomic E-state index is 0.182. The summed E-state index contributed by atoms with van der Waals surface area (Å²) in [5, 5.41) is 4.35. The molecule has 0 saturated carbocycles. The number of nitrogens with one attached hydrogen (secondary N) is 1. The number of carbonyl (C=O) groups excluding carboxylic acids is 1. The van der Waals surface area contributed by atoms with Gasteiger partial charge in [0.2, 0.25) is 0 Å². The molecular weight excluding hydrogens is 422 g/mol. The molecule has 0 spiro atoms. The third kappa shape index (κ3) is 3.95. The first-order valence-electron chi connectivity index (χ1n) is 9.73. The molecule has 1 aliphatic rings. The average Bonchev–Trinajstić information content (AvgIpc) is 3.04. The highest BCUT2D eigenvalue weighted by atomic mass is 35.5. The Morgan fingerprint density at radius 2 is 1.93 bits per heavy atom. The Kier molecular flexibility index (Phi) is 5.81. The number of anilines is 2. The van der Waals surface area contributed by atoms with Crippen molar-refractivity contribution in [1.82, 2.24) is 14.9 Å². The molecule has 1 N–H and O–H groups in total. The fraction of sp³-hybridized carbons (Fsp3) is 0.381. The van der Waals surface area contributed by atoms with Crippen LogP contribution in [0, 0.1) is 13.8 Å². The zero-order valence-corrected chi connectivity index (χ0v) is 19.0. The van der Waals surface area contributed by atoms with Crippen LogP contribution in [0.4, 0.5) is 11.5 Å². The number of aryl methyl sites for hydroxylation is 2. The zero-order chi connectivity index (χ0) is 21.4. The number of fused-ring (bicyclic) bond motifs is 1. The summed E-state index contributed by atoms with van der Waals surface area (Å²) in [5.41, 5.74) is 1.52. The van der Waals surface area contributed by atoms with Gasteiger partial charge in [-0.05, 0) is 44.7 Å². The van der Waals surface area contributed by atoms with Crippen LogP contribution < -0.4 is 15.0 Å². The second-order valence-corrected chi connectivity index (χ2v) is 8.83. The Labute approximate surface area is 184 Å². The van der Waals surface area contributed by atoms with E-state index < -0.39 is 0 Å². The molecule has 1 aromatic carbocycles. The molecule has 0 unspecified atom stereocenters. The molecule has 1 amide bonds. The number of benzene rings is 1. The maximum Gasteiger partial charge on any atom is 0.266 e. The van der Waals surface area contributed by atoms with Gasteiger partial charge >= 0.3 is 0 Å². The summed E-state index contributed by atoms with van der Waals surface area (Å²) in [6.07, 6.45) is 0. The van der Waals surface area contributed by atoms with E-state index in [-0.39, 0.29) is 5.91 Å². The Hall–Kier alpha value is -2.42. The molecule has 158 valence electrons. The lowest BCUT2D eigenvalue weighted by atomic mass is 10.1. The number of rotatable bonds is 4. The highest BCUT2D eigenvalue weighted by molar-refractivity contribution is 7.20. The maximum atomic E-state index is 13.0. The van der Waals surface area contributed by atoms with E-state index in [0.717, 1.165) is 47.8 Å². The summed E-state index contributed by atoms with van der Waals surface area (Å²) in [5.74, 6) is 2.02. The Morgan fingerprint density at radius 1 is 1.20 bits per heavy atom. The van der Waals surface area contributed by atoms with Crippen LogP contribution in [0.2, 0.25) is 5.02 Å². The number of hydrogen-bond acceptors (Lipinski definition) is 7. The number of thiophene rings is 1. The van der Waals surface area contributed by atoms with E-state index in [1.807, 2.05) is 13.8 Å². The number of ether oxygens (including phenoxy) is 1. The number of methoxy groups -OCH3 is 1. The molecule has 2 aromatic heterocycles. The van der Waals surface area contributed by atoms with Crippen LogP contribution in [-0.2, 0) is 0 Å². The molecular formula is C21H24ClN5O2S. The van der Waals surface area contributed by atoms with Gasteiger partial charge in [-0.15, -0.1) is 11.3 Å². The number of amides is 1. The van der Waals surface area contributed by atoms with Gasteiger partial charge in [-0.25, -0.2) is 9.97 Å². The topological polar surface area (TPSA) is 70.6 Å². The van der Waals surface area contributed by atoms with Gasteiger partial charge in [0.05, 0.1) is 22.4 Å². The number of nitrogens with zero attached hydrogens (tertiary/aromatic N) is 4. The minimum Gasteiger partial charge on any atom is -0.495 e. The summed E-state index contributed by atoms with van der Waals surface area (Å²) in [6.45, 7) is 7.64. The quantitative estimate of drug-likeness (QED) is 0.655. The summed E-state index contributed by atoms with van der Waals surface area (Å²) in [6, 6.07) is 5.18. The van der Waals surface area contributed by atoms with Gasteiger partial charge < -0.3 is 19.9 Å². The van der Waals surface area contributed by atoms with Gasteiger partial charge in [-0.3, -0.25) is 4.79 Å². The lowest BCUT2D eigenvalue weighted by Gasteiger charge is -2.33. The van der Waals surface area contributed by atoms with Gasteiger partial charge in [-0.1, -0.05) is 11.6 Å². The van der Waals surface area contributed by atoms with E-state index in [1.54, 1.807) is 25.3 Å². The molecule has 30 heavy (non-hydrogen) atoms. The van der Waals surface area contributed by atoms with Crippen molar-refractivity contribution in [2.45, 2.75) is 13.8 Å². The second-order valence-electron chi connectivity index (χ2n) is 7.42. The molecule has 3 aromatic rings. The van der Waals surface area contributed by atoms with E-state index in [2.05, 4.69) is 27.1 Å². The maximum absolute atomic E-state index is 13.0. The smallest absolute Gasteiger partial charge is 0.266 e. The van der Waals surface area contributed by atoms with Crippen LogP contribution in [-0.4, -0.2) is 61.1 Å². The van der Waals surface area contributed by atoms with Gasteiger partial charge in [0.25, 0.3) is 5.91 Å². The molecule has 0 aliphatic carbocycles. The first-order chi connectivity index (χ1) is 14.4. The molecule has 3 heterocycles. The molecule has 0 radical (unpaired) electrons. The van der Waals surface area contributed by atoms with Crippen molar-refractivity contribution in [3.05, 3.63) is 39.5 Å². The number of aromatic nitrogens is 2. The fourth-order valence-corrected chi connectivity index (χ4v) is 4.99. The van der Waals surface area contributed by atoms with Crippen LogP contribution in [0.3, 0.4) is 0 Å². The van der Waals surface area contributed by atoms with E-state index in [0.29, 0.717) is 27.2 Å². The van der Waals surface area contributed by atoms with Crippen molar-refractivity contribution >= 4 is 50.6 Å². The number of carbonyl (C=O) groups is 1. The number of piperazine rings is 1. The van der Waals surface area contributed by atoms with Crippen molar-refractivity contribution in [2.75, 3.05) is 50.6 Å². The highest BCUT2D eigenvalue weighted by Gasteiger charge is 2.24. The Bertz CT molecular complexity index is 1110. The molecule has 7 nitrogen and oxygen atoms in total. The van der Waals surface area contributed by atoms with Gasteiger partial charge in [0, 0.05) is 31.9 Å². The van der Waals surface area contributed by atoms with Crippen molar-refractivity contribution in [3.8, 4) is 5.75 Å². The minimum atomic E-state index is -0.182. The predicted molar refractivity (Wildman–Crippen MR) is 123 cm³/mol. The van der Waals surface area contributed by atoms with E-state index in [9.17, 15) is 4.79 Å². The molecule has 9 heteroatoms. The third-order valence-electron chi connectivity index (χ3n) is 5.30. The first-order valence-corrected chi connectivity index (χ1v) is 10.9. The second kappa shape index (κ2) is 8.37. The first kappa shape index (κ1) is 20.8. The van der Waals surface area contributed by atoms with E-state index in [1.165, 1.54) is 11.3 Å². The molecule has 1 aliphatic heterocycles. The summed E-state index contributed by atoms with van der Waals surface area (Å²) < 4.78 is 5.17. The van der Waals surface area contributed by atoms with Crippen LogP contribution in [0.25, 0.3) is 10.2 Å². The van der Waals surface area contributed by atoms with Crippen molar-refractivity contribution in [2.24, 2.45) is 0 Å². The SMILES string of the molecule is COc1ccc(NC(=O)c2sc3nc(C)nc(N4CCN(C)CC4)c3c2C)cc1Cl. The van der Waals surface area contributed by atoms with Crippen LogP contribution >= 0.6 is 22.9 Å². The van der Waals surface area contributed by atoms with Gasteiger partial charge in [0.15, 0.2) is 0 Å². The van der Waals surface area contributed by atoms with E-state index in [4.69, 9.17) is 21.3 Å². The highest BCUT2D eigenvalue weighted by Crippen LogP contribution is 2.36. The number of halogens is 1. The Morgan fingerprint density at radius 3 is 2.60 bits per heavy atom. The normalized spacial score (nSPS) is 14.9.